The van der Waals surface area contributed by atoms with Crippen molar-refractivity contribution < 1.29 is 114 Å². The van der Waals surface area contributed by atoms with Crippen LogP contribution in [0.25, 0.3) is 0 Å². The molecule has 0 N–H and O–H groups in total. The second kappa shape index (κ2) is 23.4. The third-order valence-electron chi connectivity index (χ3n) is 12.0. The summed E-state index contributed by atoms with van der Waals surface area (Å²) in [7, 11) is -61.9. The molecule has 1 rings (SSSR count). The van der Waals surface area contributed by atoms with E-state index in [0.717, 1.165) is 0 Å². The Morgan fingerprint density at radius 1 is 0.306 bits per heavy atom. The first kappa shape index (κ1) is 72.5. The van der Waals surface area contributed by atoms with Gasteiger partial charge in [0.25, 0.3) is 33.3 Å². The van der Waals surface area contributed by atoms with Crippen molar-refractivity contribution in [1.82, 2.24) is 0 Å². The third kappa shape index (κ3) is 17.3. The van der Waals surface area contributed by atoms with Gasteiger partial charge in [0.1, 0.15) is 62.9 Å². The number of rotatable bonds is 18. The summed E-state index contributed by atoms with van der Waals surface area (Å²) in [4.78, 5) is 0. The smallest absolute Gasteiger partial charge is 0.393 e. The normalized spacial score (nSPS) is 33.8. The molecule has 0 aliphatic carbocycles. The lowest BCUT2D eigenvalue weighted by atomic mass is 10.4. The van der Waals surface area contributed by atoms with Crippen LogP contribution in [0.3, 0.4) is 0 Å². The van der Waals surface area contributed by atoms with Gasteiger partial charge in [-0.05, 0) is 118 Å². The monoisotopic (exact) mass is 1370 g/mol. The molecular weight excluding hydrogens is 1300 g/mol. The SMILES string of the molecule is C[Si](C)(O[SiH3])O[Si](C)(C)O[Si]1(C)O[Si](C)(O[SiH3])C(F)(F)CC(F)(F)[Si](C)(O[Si](C)(C)O[SiH3])O[Si](C)(O[Si](C)(C)O[SiH3])C(F)(F)CC(F)(F)[Si](C)(O[SiH3])O[Si](C)(O[Si](C)(C)O[Si](C)(C)O[SiH3])C(F)(F)CC1(F)F. The van der Waals surface area contributed by atoms with Crippen molar-refractivity contribution in [3.63, 3.8) is 0 Å². The molecule has 6 atom stereocenters. The fourth-order valence-electron chi connectivity index (χ4n) is 7.40. The number of alkyl halides is 12. The molecule has 72 heavy (non-hydrogen) atoms. The Morgan fingerprint density at radius 3 is 0.653 bits per heavy atom. The van der Waals surface area contributed by atoms with Gasteiger partial charge in [-0.3, -0.25) is 0 Å². The predicted octanol–water partition coefficient (Wildman–Crippen LogP) is 2.79. The topological polar surface area (TPSA) is 138 Å². The van der Waals surface area contributed by atoms with Crippen LogP contribution in [0, 0.1) is 0 Å². The quantitative estimate of drug-likeness (QED) is 0.147. The van der Waals surface area contributed by atoms with Crippen LogP contribution in [0.2, 0.25) is 118 Å². The molecule has 0 aromatic heterocycles. The Kier molecular flexibility index (Phi) is 23.5. The standard InChI is InChI=1S/C27H78F12O15Si18/c1-61(2,40-55)46-65(9,10)50-71(17)26(36,37)21-27(38,39)72(18,51-66(11,12)47-62(3,4)41-56)53-68(14,45-60)23(30,31)20-25(34,35)70(16,49-64(7,8)43-58)54-69(15,48-63(5,6)42-57)24(32,33)19-22(28,29)67(13,44-59)52-71/h19-21H2,1-18,55-60H3. The molecule has 0 spiro atoms. The van der Waals surface area contributed by atoms with Crippen LogP contribution in [0.4, 0.5) is 52.7 Å². The second-order valence-corrected chi connectivity index (χ2v) is 70.7. The van der Waals surface area contributed by atoms with Crippen LogP contribution in [0.15, 0.2) is 0 Å². The maximum Gasteiger partial charge on any atom is 0.393 e. The second-order valence-electron chi connectivity index (χ2n) is 21.0. The Morgan fingerprint density at radius 2 is 0.472 bits per heavy atom. The molecule has 432 valence electrons. The predicted molar refractivity (Wildman–Crippen MR) is 294 cm³/mol. The Hall–Kier alpha value is 2.46. The molecule has 1 fully saturated rings. The molecule has 0 bridgehead atoms. The lowest BCUT2D eigenvalue weighted by molar-refractivity contribution is -0.0839. The van der Waals surface area contributed by atoms with Gasteiger partial charge in [0.2, 0.25) is 0 Å². The highest BCUT2D eigenvalue weighted by molar-refractivity contribution is 6.93. The number of halogens is 12. The highest BCUT2D eigenvalue weighted by Gasteiger charge is 2.79. The van der Waals surface area contributed by atoms with E-state index in [0.29, 0.717) is 39.3 Å². The molecule has 0 amide bonds. The molecule has 1 heterocycles. The van der Waals surface area contributed by atoms with Crippen LogP contribution in [0.5, 0.6) is 0 Å². The minimum Gasteiger partial charge on any atom is -0.445 e. The summed E-state index contributed by atoms with van der Waals surface area (Å²) in [6.45, 7) is 18.2. The van der Waals surface area contributed by atoms with Crippen molar-refractivity contribution in [2.45, 2.75) is 170 Å². The minimum atomic E-state index is -6.25. The molecule has 1 saturated heterocycles. The average Bonchev–Trinajstić information content (AvgIpc) is 3.13. The summed E-state index contributed by atoms with van der Waals surface area (Å²) in [5.41, 5.74) is -30.6. The summed E-state index contributed by atoms with van der Waals surface area (Å²) < 4.78 is 296. The minimum absolute atomic E-state index is 0.0662. The molecule has 6 unspecified atom stereocenters. The largest absolute Gasteiger partial charge is 0.445 e. The molecule has 15 nitrogen and oxygen atoms in total. The van der Waals surface area contributed by atoms with Crippen LogP contribution >= 0.6 is 0 Å². The van der Waals surface area contributed by atoms with E-state index >= 15 is 52.7 Å². The van der Waals surface area contributed by atoms with Crippen molar-refractivity contribution >= 4 is 166 Å². The molecular formula is C27H78F12O15Si18. The zero-order valence-electron chi connectivity index (χ0n) is 45.8. The van der Waals surface area contributed by atoms with Crippen molar-refractivity contribution in [3.05, 3.63) is 0 Å². The number of hydrogen-bond acceptors (Lipinski definition) is 15. The van der Waals surface area contributed by atoms with Crippen LogP contribution < -0.4 is 0 Å². The third-order valence-corrected chi connectivity index (χ3v) is 74.3. The van der Waals surface area contributed by atoms with E-state index in [4.69, 9.17) is 61.7 Å². The van der Waals surface area contributed by atoms with Crippen LogP contribution in [0.1, 0.15) is 19.3 Å². The van der Waals surface area contributed by atoms with Crippen LogP contribution in [-0.2, 0) is 61.7 Å². The van der Waals surface area contributed by atoms with Gasteiger partial charge in [-0.25, -0.2) is 52.7 Å². The molecule has 0 saturated carbocycles. The van der Waals surface area contributed by atoms with Gasteiger partial charge in [-0.15, -0.1) is 0 Å². The number of hydrogen-bond donors (Lipinski definition) is 0. The first-order chi connectivity index (χ1) is 31.3. The van der Waals surface area contributed by atoms with Gasteiger partial charge >= 0.3 is 103 Å². The molecule has 0 aromatic carbocycles. The van der Waals surface area contributed by atoms with E-state index < -0.39 is 176 Å². The van der Waals surface area contributed by atoms with Crippen molar-refractivity contribution in [3.8, 4) is 0 Å². The van der Waals surface area contributed by atoms with Gasteiger partial charge in [0.05, 0.1) is 19.3 Å². The fraction of sp³-hybridized carbons (Fsp3) is 1.00. The maximum absolute atomic E-state index is 17.8. The van der Waals surface area contributed by atoms with E-state index in [9.17, 15) is 0 Å². The van der Waals surface area contributed by atoms with Crippen LogP contribution in [-0.4, -0.2) is 199 Å². The van der Waals surface area contributed by atoms with Crippen molar-refractivity contribution in [1.29, 1.82) is 0 Å². The zero-order valence-corrected chi connectivity index (χ0v) is 69.8. The maximum atomic E-state index is 17.8. The van der Waals surface area contributed by atoms with Crippen molar-refractivity contribution in [2.75, 3.05) is 0 Å². The van der Waals surface area contributed by atoms with Gasteiger partial charge < -0.3 is 61.7 Å². The van der Waals surface area contributed by atoms with E-state index in [2.05, 4.69) is 0 Å². The fourth-order valence-corrected chi connectivity index (χ4v) is 62.7. The average molecular weight is 1380 g/mol. The molecule has 0 radical (unpaired) electrons. The first-order valence-electron chi connectivity index (χ1n) is 22.2. The first-order valence-corrected chi connectivity index (χ1v) is 57.9. The zero-order chi connectivity index (χ0) is 57.7. The molecule has 1 aliphatic rings. The lowest BCUT2D eigenvalue weighted by Gasteiger charge is -2.51. The molecule has 0 aromatic rings. The van der Waals surface area contributed by atoms with Crippen molar-refractivity contribution in [2.24, 2.45) is 0 Å². The van der Waals surface area contributed by atoms with Gasteiger partial charge in [0, 0.05) is 0 Å². The van der Waals surface area contributed by atoms with Gasteiger partial charge in [0.15, 0.2) is 0 Å². The van der Waals surface area contributed by atoms with E-state index in [-0.39, 0.29) is 41.9 Å². The highest BCUT2D eigenvalue weighted by Crippen LogP contribution is 2.53. The summed E-state index contributed by atoms with van der Waals surface area (Å²) in [5.74, 6) is 0. The Labute approximate surface area is 447 Å². The summed E-state index contributed by atoms with van der Waals surface area (Å²) in [5, 5.41) is 0. The van der Waals surface area contributed by atoms with E-state index in [1.807, 2.05) is 0 Å². The van der Waals surface area contributed by atoms with Gasteiger partial charge in [-0.1, -0.05) is 0 Å². The van der Waals surface area contributed by atoms with E-state index in [1.165, 1.54) is 78.6 Å². The Bertz CT molecular complexity index is 1730. The Balaban J connectivity index is 4.96. The summed E-state index contributed by atoms with van der Waals surface area (Å²) in [6.07, 6.45) is -8.30. The lowest BCUT2D eigenvalue weighted by Crippen LogP contribution is -2.76. The van der Waals surface area contributed by atoms with E-state index in [1.54, 1.807) is 0 Å². The molecule has 1 aliphatic heterocycles. The molecule has 45 heteroatoms. The van der Waals surface area contributed by atoms with Gasteiger partial charge in [-0.2, -0.15) is 0 Å². The highest BCUT2D eigenvalue weighted by atomic mass is 28.5. The summed E-state index contributed by atoms with van der Waals surface area (Å²) >= 11 is 0. The summed E-state index contributed by atoms with van der Waals surface area (Å²) in [6, 6.07) is 0.